The van der Waals surface area contributed by atoms with Crippen LogP contribution in [-0.4, -0.2) is 82.7 Å². The van der Waals surface area contributed by atoms with Crippen LogP contribution in [0.5, 0.6) is 11.6 Å². The highest BCUT2D eigenvalue weighted by atomic mass is 35.5. The van der Waals surface area contributed by atoms with Crippen molar-refractivity contribution in [1.29, 1.82) is 0 Å². The molecule has 5 rings (SSSR count). The number of likely N-dealkylation sites (N-methyl/N-ethyl adjacent to an activating group) is 1. The zero-order valence-electron chi connectivity index (χ0n) is 23.8. The summed E-state index contributed by atoms with van der Waals surface area (Å²) in [6.45, 7) is 6.89. The number of aryl methyl sites for hydroxylation is 1. The summed E-state index contributed by atoms with van der Waals surface area (Å²) < 4.78 is 12.0. The Kier molecular flexibility index (Phi) is 9.25. The second-order valence-electron chi connectivity index (χ2n) is 10.3. The van der Waals surface area contributed by atoms with Gasteiger partial charge in [-0.05, 0) is 43.1 Å². The molecule has 2 aromatic carbocycles. The first-order valence-corrected chi connectivity index (χ1v) is 15.0. The lowest BCUT2D eigenvalue weighted by atomic mass is 9.97. The summed E-state index contributed by atoms with van der Waals surface area (Å²) in [5, 5.41) is 11.0. The molecule has 42 heavy (non-hydrogen) atoms. The molecule has 0 bridgehead atoms. The number of hydrogen-bond acceptors (Lipinski definition) is 8. The van der Waals surface area contributed by atoms with Crippen molar-refractivity contribution in [3.63, 3.8) is 0 Å². The van der Waals surface area contributed by atoms with E-state index in [0.717, 1.165) is 46.6 Å². The number of aliphatic carboxylic acids is 1. The fraction of sp³-hybridized carbons (Fsp3) is 0.355. The number of carbonyl (C=O) groups is 2. The van der Waals surface area contributed by atoms with Crippen molar-refractivity contribution >= 4 is 45.0 Å². The summed E-state index contributed by atoms with van der Waals surface area (Å²) in [7, 11) is 2.04. The Morgan fingerprint density at radius 2 is 1.83 bits per heavy atom. The van der Waals surface area contributed by atoms with Crippen molar-refractivity contribution in [2.45, 2.75) is 32.8 Å². The molecule has 4 aromatic rings. The van der Waals surface area contributed by atoms with Gasteiger partial charge in [0.25, 0.3) is 5.91 Å². The van der Waals surface area contributed by atoms with Gasteiger partial charge in [-0.15, -0.1) is 11.3 Å². The third-order valence-electron chi connectivity index (χ3n) is 7.47. The zero-order valence-corrected chi connectivity index (χ0v) is 25.4. The highest BCUT2D eigenvalue weighted by Gasteiger charge is 2.27. The third-order valence-corrected chi connectivity index (χ3v) is 9.18. The highest BCUT2D eigenvalue weighted by molar-refractivity contribution is 7.19. The van der Waals surface area contributed by atoms with Gasteiger partial charge in [0.05, 0.1) is 10.4 Å². The Hall–Kier alpha value is -3.73. The van der Waals surface area contributed by atoms with Crippen molar-refractivity contribution in [3.05, 3.63) is 69.8 Å². The van der Waals surface area contributed by atoms with Gasteiger partial charge in [-0.1, -0.05) is 54.9 Å². The Labute approximate surface area is 253 Å². The molecule has 0 saturated carbocycles. The molecule has 1 aliphatic heterocycles. The van der Waals surface area contributed by atoms with Crippen LogP contribution in [0.15, 0.2) is 48.8 Å². The molecule has 1 atom stereocenters. The molecule has 11 heteroatoms. The van der Waals surface area contributed by atoms with E-state index in [2.05, 4.69) is 21.8 Å². The zero-order chi connectivity index (χ0) is 29.8. The van der Waals surface area contributed by atoms with E-state index >= 15 is 0 Å². The number of thiophene rings is 1. The first-order valence-electron chi connectivity index (χ1n) is 13.8. The molecule has 0 unspecified atom stereocenters. The van der Waals surface area contributed by atoms with Gasteiger partial charge < -0.3 is 24.4 Å². The van der Waals surface area contributed by atoms with Crippen molar-refractivity contribution in [3.8, 4) is 22.8 Å². The van der Waals surface area contributed by atoms with E-state index in [1.807, 2.05) is 55.3 Å². The largest absolute Gasteiger partial charge is 0.482 e. The average Bonchev–Trinajstić information content (AvgIpc) is 3.37. The SMILES string of the molecule is CCc1sc2ncnc(O[C@H](Cc3ccccc3)C(=O)O)c2c1-c1ccc(OCC(=O)N2CCN(C)CC2)c(Cl)c1C. The number of carbonyl (C=O) groups excluding carboxylic acids is 1. The Morgan fingerprint density at radius 1 is 1.10 bits per heavy atom. The van der Waals surface area contributed by atoms with E-state index < -0.39 is 12.1 Å². The van der Waals surface area contributed by atoms with Crippen LogP contribution in [0.3, 0.4) is 0 Å². The summed E-state index contributed by atoms with van der Waals surface area (Å²) in [6.07, 6.45) is 1.16. The van der Waals surface area contributed by atoms with E-state index in [1.54, 1.807) is 6.07 Å². The Morgan fingerprint density at radius 3 is 2.52 bits per heavy atom. The van der Waals surface area contributed by atoms with Crippen LogP contribution in [-0.2, 0) is 22.4 Å². The molecule has 0 spiro atoms. The number of amides is 1. The van der Waals surface area contributed by atoms with E-state index in [9.17, 15) is 14.7 Å². The second-order valence-corrected chi connectivity index (χ2v) is 11.7. The minimum absolute atomic E-state index is 0.0691. The lowest BCUT2D eigenvalue weighted by Gasteiger charge is -2.32. The molecule has 0 aliphatic carbocycles. The maximum Gasteiger partial charge on any atom is 0.345 e. The number of rotatable bonds is 10. The number of nitrogens with zero attached hydrogens (tertiary/aromatic N) is 4. The van der Waals surface area contributed by atoms with Crippen LogP contribution in [0.1, 0.15) is 22.9 Å². The van der Waals surface area contributed by atoms with Crippen LogP contribution >= 0.6 is 22.9 Å². The minimum Gasteiger partial charge on any atom is -0.482 e. The topological polar surface area (TPSA) is 105 Å². The van der Waals surface area contributed by atoms with Crippen LogP contribution in [0.25, 0.3) is 21.3 Å². The molecule has 3 heterocycles. The van der Waals surface area contributed by atoms with Gasteiger partial charge in [0.1, 0.15) is 16.9 Å². The van der Waals surface area contributed by atoms with E-state index in [0.29, 0.717) is 34.1 Å². The summed E-state index contributed by atoms with van der Waals surface area (Å²) in [5.74, 6) is -0.507. The number of ether oxygens (including phenoxy) is 2. The first-order chi connectivity index (χ1) is 20.3. The van der Waals surface area contributed by atoms with E-state index in [1.165, 1.54) is 17.7 Å². The minimum atomic E-state index is -1.14. The Bertz CT molecular complexity index is 1590. The Balaban J connectivity index is 1.45. The highest BCUT2D eigenvalue weighted by Crippen LogP contribution is 2.45. The molecule has 0 radical (unpaired) electrons. The third kappa shape index (κ3) is 6.35. The number of benzene rings is 2. The van der Waals surface area contributed by atoms with Gasteiger partial charge in [0.2, 0.25) is 12.0 Å². The number of piperazine rings is 1. The van der Waals surface area contributed by atoms with E-state index in [4.69, 9.17) is 21.1 Å². The maximum atomic E-state index is 12.7. The summed E-state index contributed by atoms with van der Waals surface area (Å²) in [4.78, 5) is 39.5. The maximum absolute atomic E-state index is 12.7. The lowest BCUT2D eigenvalue weighted by Crippen LogP contribution is -2.48. The molecule has 1 saturated heterocycles. The molecule has 220 valence electrons. The molecule has 1 N–H and O–H groups in total. The molecular formula is C31H33ClN4O5S. The number of carboxylic acids is 1. The van der Waals surface area contributed by atoms with Gasteiger partial charge in [-0.3, -0.25) is 4.79 Å². The van der Waals surface area contributed by atoms with Gasteiger partial charge in [0, 0.05) is 43.0 Å². The first kappa shape index (κ1) is 29.8. The van der Waals surface area contributed by atoms with E-state index in [-0.39, 0.29) is 24.8 Å². The predicted octanol–water partition coefficient (Wildman–Crippen LogP) is 5.11. The average molecular weight is 609 g/mol. The summed E-state index contributed by atoms with van der Waals surface area (Å²) in [5.41, 5.74) is 3.32. The second kappa shape index (κ2) is 13.1. The van der Waals surface area contributed by atoms with Crippen LogP contribution in [0.2, 0.25) is 5.02 Å². The van der Waals surface area contributed by atoms with Crippen LogP contribution in [0.4, 0.5) is 0 Å². The van der Waals surface area contributed by atoms with Crippen molar-refractivity contribution in [1.82, 2.24) is 19.8 Å². The van der Waals surface area contributed by atoms with Gasteiger partial charge in [-0.2, -0.15) is 0 Å². The molecule has 2 aromatic heterocycles. The van der Waals surface area contributed by atoms with Gasteiger partial charge in [-0.25, -0.2) is 14.8 Å². The number of carboxylic acid groups (broad SMARTS) is 1. The standard InChI is InChI=1S/C31H33ClN4O5S/c1-4-24-26(21-10-11-22(28(32)19(21)2)40-17-25(37)36-14-12-35(3)13-15-36)27-29(33-18-34-30(27)42-24)41-23(31(38)39)16-20-8-6-5-7-9-20/h5-11,18,23H,4,12-17H2,1-3H3,(H,38,39)/t23-/m1/s1. The molecule has 9 nitrogen and oxygen atoms in total. The number of hydrogen-bond donors (Lipinski definition) is 1. The predicted molar refractivity (Wildman–Crippen MR) is 164 cm³/mol. The number of aromatic nitrogens is 2. The van der Waals surface area contributed by atoms with Crippen LogP contribution < -0.4 is 9.47 Å². The normalized spacial score (nSPS) is 14.6. The monoisotopic (exact) mass is 608 g/mol. The summed E-state index contributed by atoms with van der Waals surface area (Å²) in [6, 6.07) is 13.0. The summed E-state index contributed by atoms with van der Waals surface area (Å²) >= 11 is 8.33. The molecule has 1 amide bonds. The van der Waals surface area contributed by atoms with Gasteiger partial charge in [0.15, 0.2) is 6.61 Å². The van der Waals surface area contributed by atoms with Crippen molar-refractivity contribution in [2.75, 3.05) is 39.8 Å². The molecule has 1 fully saturated rings. The fourth-order valence-electron chi connectivity index (χ4n) is 5.05. The van der Waals surface area contributed by atoms with Crippen LogP contribution in [0, 0.1) is 6.92 Å². The number of fused-ring (bicyclic) bond motifs is 1. The van der Waals surface area contributed by atoms with Crippen molar-refractivity contribution < 1.29 is 24.2 Å². The molecular weight excluding hydrogens is 576 g/mol. The number of halogens is 1. The van der Waals surface area contributed by atoms with Crippen molar-refractivity contribution in [2.24, 2.45) is 0 Å². The molecule has 1 aliphatic rings. The fourth-order valence-corrected chi connectivity index (χ4v) is 6.35. The lowest BCUT2D eigenvalue weighted by molar-refractivity contribution is -0.145. The quantitative estimate of drug-likeness (QED) is 0.265. The smallest absolute Gasteiger partial charge is 0.345 e. The van der Waals surface area contributed by atoms with Gasteiger partial charge >= 0.3 is 5.97 Å².